The van der Waals surface area contributed by atoms with Gasteiger partial charge in [0.25, 0.3) is 0 Å². The lowest BCUT2D eigenvalue weighted by molar-refractivity contribution is 0.795. The topological polar surface area (TPSA) is 9.86 Å². The Morgan fingerprint density at radius 3 is 1.42 bits per heavy atom. The number of benzene rings is 10. The molecule has 0 radical (unpaired) electrons. The molecule has 0 aliphatic rings. The van der Waals surface area contributed by atoms with Crippen molar-refractivity contribution < 1.29 is 0 Å². The lowest BCUT2D eigenvalue weighted by Crippen LogP contribution is -1.97. The average molecular weight is 845 g/mol. The van der Waals surface area contributed by atoms with Crippen molar-refractivity contribution in [2.24, 2.45) is 0 Å². The van der Waals surface area contributed by atoms with Gasteiger partial charge in [0.2, 0.25) is 0 Å². The van der Waals surface area contributed by atoms with E-state index in [0.29, 0.717) is 0 Å². The highest BCUT2D eigenvalue weighted by Crippen LogP contribution is 2.41. The lowest BCUT2D eigenvalue weighted by atomic mass is 9.98. The molecule has 0 bridgehead atoms. The van der Waals surface area contributed by atoms with E-state index in [1.807, 2.05) is 0 Å². The van der Waals surface area contributed by atoms with Crippen LogP contribution in [0.4, 0.5) is 0 Å². The molecule has 10 aromatic carbocycles. The van der Waals surface area contributed by atoms with Gasteiger partial charge in [-0.1, -0.05) is 195 Å². The second-order valence-corrected chi connectivity index (χ2v) is 17.6. The Morgan fingerprint density at radius 2 is 0.758 bits per heavy atom. The molecule has 0 atom stereocenters. The highest BCUT2D eigenvalue weighted by Gasteiger charge is 2.18. The molecule has 0 spiro atoms. The Labute approximate surface area is 386 Å². The fourth-order valence-corrected chi connectivity index (χ4v) is 10.2. The van der Waals surface area contributed by atoms with E-state index in [0.717, 1.165) is 12.1 Å². The molecular weight excluding hydrogens is 797 g/mol. The van der Waals surface area contributed by atoms with Crippen LogP contribution in [0.3, 0.4) is 0 Å². The normalized spacial score (nSPS) is 11.6. The quantitative estimate of drug-likeness (QED) is 0.130. The van der Waals surface area contributed by atoms with E-state index in [4.69, 9.17) is 0 Å². The summed E-state index contributed by atoms with van der Waals surface area (Å²) in [5, 5.41) is 4.97. The summed E-state index contributed by atoms with van der Waals surface area (Å²) in [5.41, 5.74) is 20.7. The van der Waals surface area contributed by atoms with E-state index in [9.17, 15) is 0 Å². The maximum atomic E-state index is 2.45. The smallest absolute Gasteiger partial charge is 0.0541 e. The van der Waals surface area contributed by atoms with Crippen molar-refractivity contribution in [3.05, 3.63) is 242 Å². The Hall–Kier alpha value is -8.20. The van der Waals surface area contributed by atoms with Crippen LogP contribution in [0, 0.1) is 0 Å². The van der Waals surface area contributed by atoms with Gasteiger partial charge in [0.15, 0.2) is 0 Å². The summed E-state index contributed by atoms with van der Waals surface area (Å²) in [6.07, 6.45) is 3.56. The first-order valence-corrected chi connectivity index (χ1v) is 23.3. The fourth-order valence-electron chi connectivity index (χ4n) is 10.2. The van der Waals surface area contributed by atoms with Crippen molar-refractivity contribution in [2.75, 3.05) is 0 Å². The third-order valence-corrected chi connectivity index (χ3v) is 13.5. The van der Waals surface area contributed by atoms with Crippen molar-refractivity contribution in [2.45, 2.75) is 26.2 Å². The number of aryl methyl sites for hydroxylation is 1. The minimum absolute atomic E-state index is 1.13. The van der Waals surface area contributed by atoms with Crippen LogP contribution in [0.1, 0.15) is 25.3 Å². The molecule has 0 saturated heterocycles. The second-order valence-electron chi connectivity index (χ2n) is 17.6. The van der Waals surface area contributed by atoms with Crippen LogP contribution in [0.5, 0.6) is 0 Å². The second kappa shape index (κ2) is 16.7. The fraction of sp³-hybridized carbons (Fsp3) is 0.0625. The van der Waals surface area contributed by atoms with Crippen LogP contribution in [0.25, 0.3) is 111 Å². The van der Waals surface area contributed by atoms with Crippen LogP contribution < -0.4 is 0 Å². The van der Waals surface area contributed by atoms with Crippen molar-refractivity contribution >= 4 is 43.6 Å². The van der Waals surface area contributed by atoms with Crippen LogP contribution in [0.15, 0.2) is 237 Å². The third-order valence-electron chi connectivity index (χ3n) is 13.5. The van der Waals surface area contributed by atoms with E-state index in [1.165, 1.54) is 123 Å². The van der Waals surface area contributed by atoms with Crippen molar-refractivity contribution in [1.82, 2.24) is 9.13 Å². The first-order valence-electron chi connectivity index (χ1n) is 23.3. The van der Waals surface area contributed by atoms with Crippen LogP contribution in [-0.2, 0) is 6.42 Å². The van der Waals surface area contributed by atoms with Gasteiger partial charge in [-0.2, -0.15) is 0 Å². The summed E-state index contributed by atoms with van der Waals surface area (Å²) in [5.74, 6) is 0. The predicted molar refractivity (Wildman–Crippen MR) is 281 cm³/mol. The molecule has 66 heavy (non-hydrogen) atoms. The highest BCUT2D eigenvalue weighted by atomic mass is 15.0. The zero-order chi connectivity index (χ0) is 44.0. The number of hydrogen-bond donors (Lipinski definition) is 0. The van der Waals surface area contributed by atoms with E-state index in [-0.39, 0.29) is 0 Å². The average Bonchev–Trinajstić information content (AvgIpc) is 3.91. The summed E-state index contributed by atoms with van der Waals surface area (Å²) < 4.78 is 4.87. The number of hydrogen-bond acceptors (Lipinski definition) is 0. The largest absolute Gasteiger partial charge is 0.309 e. The highest BCUT2D eigenvalue weighted by molar-refractivity contribution is 6.13. The summed E-state index contributed by atoms with van der Waals surface area (Å²) in [6, 6.07) is 87.1. The molecule has 314 valence electrons. The van der Waals surface area contributed by atoms with Gasteiger partial charge in [0.1, 0.15) is 0 Å². The standard InChI is InChI=1S/C64H48N2/c1-2-3-15-44-16-13-19-50(40-44)47-28-30-48(31-29-47)51-20-14-21-54(41-51)65-61-26-11-8-23-56(61)58-42-52(36-38-63(58)65)53-37-39-64-59(43-53)57-24-9-12-27-62(57)66(64)60-25-10-7-22-55(60)49-34-32-46(33-35-49)45-17-5-4-6-18-45/h4-14,16-43H,2-3,15H2,1H3. The summed E-state index contributed by atoms with van der Waals surface area (Å²) in [4.78, 5) is 0. The van der Waals surface area contributed by atoms with Crippen LogP contribution in [-0.4, -0.2) is 9.13 Å². The van der Waals surface area contributed by atoms with Crippen molar-refractivity contribution in [3.63, 3.8) is 0 Å². The number of unbranched alkanes of at least 4 members (excludes halogenated alkanes) is 1. The van der Waals surface area contributed by atoms with E-state index in [2.05, 4.69) is 253 Å². The zero-order valence-corrected chi connectivity index (χ0v) is 37.0. The molecule has 2 nitrogen and oxygen atoms in total. The van der Waals surface area contributed by atoms with Crippen molar-refractivity contribution in [1.29, 1.82) is 0 Å². The molecule has 0 fully saturated rings. The Balaban J connectivity index is 0.908. The van der Waals surface area contributed by atoms with Crippen molar-refractivity contribution in [3.8, 4) is 67.0 Å². The third kappa shape index (κ3) is 6.99. The summed E-state index contributed by atoms with van der Waals surface area (Å²) in [6.45, 7) is 2.26. The molecule has 0 N–H and O–H groups in total. The van der Waals surface area contributed by atoms with E-state index < -0.39 is 0 Å². The summed E-state index contributed by atoms with van der Waals surface area (Å²) in [7, 11) is 0. The Kier molecular flexibility index (Phi) is 9.99. The molecule has 2 aromatic heterocycles. The molecule has 0 aliphatic carbocycles. The van der Waals surface area contributed by atoms with Gasteiger partial charge in [-0.25, -0.2) is 0 Å². The molecule has 0 aliphatic heterocycles. The maximum Gasteiger partial charge on any atom is 0.0541 e. The number of aromatic nitrogens is 2. The van der Waals surface area contributed by atoms with Gasteiger partial charge >= 0.3 is 0 Å². The molecule has 0 unspecified atom stereocenters. The molecular formula is C64H48N2. The van der Waals surface area contributed by atoms with Gasteiger partial charge in [0.05, 0.1) is 27.8 Å². The Morgan fingerprint density at radius 1 is 0.303 bits per heavy atom. The van der Waals surface area contributed by atoms with Gasteiger partial charge in [-0.3, -0.25) is 0 Å². The molecule has 0 amide bonds. The number of fused-ring (bicyclic) bond motifs is 6. The zero-order valence-electron chi connectivity index (χ0n) is 37.0. The van der Waals surface area contributed by atoms with Gasteiger partial charge < -0.3 is 9.13 Å². The molecule has 2 heteroatoms. The number of rotatable bonds is 10. The lowest BCUT2D eigenvalue weighted by Gasteiger charge is -2.14. The monoisotopic (exact) mass is 844 g/mol. The molecule has 2 heterocycles. The first kappa shape index (κ1) is 39.4. The number of para-hydroxylation sites is 3. The molecule has 0 saturated carbocycles. The van der Waals surface area contributed by atoms with E-state index >= 15 is 0 Å². The van der Waals surface area contributed by atoms with Crippen LogP contribution in [0.2, 0.25) is 0 Å². The first-order chi connectivity index (χ1) is 32.7. The van der Waals surface area contributed by atoms with Gasteiger partial charge in [-0.15, -0.1) is 0 Å². The van der Waals surface area contributed by atoms with Crippen LogP contribution >= 0.6 is 0 Å². The Bertz CT molecular complexity index is 3720. The minimum atomic E-state index is 1.13. The van der Waals surface area contributed by atoms with Gasteiger partial charge in [-0.05, 0) is 123 Å². The molecule has 12 aromatic rings. The van der Waals surface area contributed by atoms with E-state index in [1.54, 1.807) is 0 Å². The minimum Gasteiger partial charge on any atom is -0.309 e. The predicted octanol–water partition coefficient (Wildman–Crippen LogP) is 17.6. The number of nitrogens with zero attached hydrogens (tertiary/aromatic N) is 2. The molecule has 12 rings (SSSR count). The van der Waals surface area contributed by atoms with Gasteiger partial charge in [0, 0.05) is 32.8 Å². The summed E-state index contributed by atoms with van der Waals surface area (Å²) >= 11 is 0. The SMILES string of the molecule is CCCCc1cccc(-c2ccc(-c3cccc(-n4c5ccccc5c5cc(-c6ccc7c(c6)c6ccccc6n7-c6ccccc6-c6ccc(-c7ccccc7)cc6)ccc54)c3)cc2)c1. The maximum absolute atomic E-state index is 2.45.